The van der Waals surface area contributed by atoms with E-state index in [0.717, 1.165) is 31.4 Å². The van der Waals surface area contributed by atoms with Gasteiger partial charge in [0.25, 0.3) is 0 Å². The lowest BCUT2D eigenvalue weighted by molar-refractivity contribution is -0.274. The van der Waals surface area contributed by atoms with Crippen molar-refractivity contribution in [2.24, 2.45) is 0 Å². The van der Waals surface area contributed by atoms with Crippen molar-refractivity contribution in [3.05, 3.63) is 114 Å². The molecule has 0 aromatic heterocycles. The van der Waals surface area contributed by atoms with Gasteiger partial charge in [0.1, 0.15) is 30.5 Å². The Labute approximate surface area is 265 Å². The summed E-state index contributed by atoms with van der Waals surface area (Å²) in [6.45, 7) is 4.01. The van der Waals surface area contributed by atoms with Gasteiger partial charge in [-0.3, -0.25) is 0 Å². The molecule has 7 nitrogen and oxygen atoms in total. The Bertz CT molecular complexity index is 1620. The summed E-state index contributed by atoms with van der Waals surface area (Å²) in [6, 6.07) is 17.7. The molecule has 238 valence electrons. The smallest absolute Gasteiger partial charge is 0.494 e. The van der Waals surface area contributed by atoms with Gasteiger partial charge in [-0.05, 0) is 92.4 Å². The van der Waals surface area contributed by atoms with E-state index in [1.54, 1.807) is 60.7 Å². The highest BCUT2D eigenvalue weighted by atomic mass is 19.4. The van der Waals surface area contributed by atoms with Crippen molar-refractivity contribution in [1.29, 1.82) is 0 Å². The fourth-order valence-electron chi connectivity index (χ4n) is 3.74. The van der Waals surface area contributed by atoms with E-state index in [9.17, 15) is 22.8 Å². The highest BCUT2D eigenvalue weighted by Crippen LogP contribution is 2.27. The molecule has 3 aromatic carbocycles. The summed E-state index contributed by atoms with van der Waals surface area (Å²) in [5, 5.41) is 8.57. The third-order valence-corrected chi connectivity index (χ3v) is 5.92. The maximum atomic E-state index is 13.2. The van der Waals surface area contributed by atoms with Crippen molar-refractivity contribution in [3.63, 3.8) is 0 Å². The second kappa shape index (κ2) is 18.3. The number of alkyl halides is 3. The van der Waals surface area contributed by atoms with Crippen LogP contribution in [0.4, 0.5) is 13.2 Å². The van der Waals surface area contributed by atoms with Crippen LogP contribution in [0.1, 0.15) is 47.9 Å². The number of halogens is 3. The van der Waals surface area contributed by atoms with Crippen molar-refractivity contribution in [2.45, 2.75) is 32.0 Å². The molecule has 0 unspecified atom stereocenters. The number of ether oxygens (including phenoxy) is 4. The second-order valence-corrected chi connectivity index (χ2v) is 9.47. The van der Waals surface area contributed by atoms with Crippen LogP contribution in [0.5, 0.6) is 17.2 Å². The minimum atomic E-state index is -4.92. The van der Waals surface area contributed by atoms with Gasteiger partial charge in [0.2, 0.25) is 0 Å². The van der Waals surface area contributed by atoms with Crippen molar-refractivity contribution in [1.82, 2.24) is 0 Å². The zero-order chi connectivity index (χ0) is 33.2. The molecule has 0 fully saturated rings. The average Bonchev–Trinajstić information content (AvgIpc) is 3.03. The standard InChI is InChI=1S/C36H31F3O7/c1-2-35(42)45-25-24-44-32-21-15-28(16-22-32)11-17-30-18-12-29(26-33(30)46-36(37,38)39)10-9-27-13-19-31(20-14-27)43-23-7-5-3-4-6-8-34(40)41/h2,6,8,12-16,18-22,26H,1,3-5,7,23-25H2,(H,40,41). The molecule has 3 rings (SSSR count). The highest BCUT2D eigenvalue weighted by molar-refractivity contribution is 5.81. The van der Waals surface area contributed by atoms with Crippen LogP contribution >= 0.6 is 0 Å². The van der Waals surface area contributed by atoms with E-state index in [1.165, 1.54) is 12.1 Å². The van der Waals surface area contributed by atoms with Crippen molar-refractivity contribution in [2.75, 3.05) is 19.8 Å². The number of carbonyl (C=O) groups is 2. The van der Waals surface area contributed by atoms with E-state index in [1.807, 2.05) is 0 Å². The summed E-state index contributed by atoms with van der Waals surface area (Å²) in [6.07, 6.45) is 2.20. The van der Waals surface area contributed by atoms with Crippen LogP contribution in [0.2, 0.25) is 0 Å². The Hall–Kier alpha value is -5.61. The van der Waals surface area contributed by atoms with E-state index in [2.05, 4.69) is 35.0 Å². The molecular formula is C36H31F3O7. The average molecular weight is 633 g/mol. The van der Waals surface area contributed by atoms with Crippen LogP contribution in [-0.2, 0) is 14.3 Å². The first kappa shape index (κ1) is 34.9. The predicted octanol–water partition coefficient (Wildman–Crippen LogP) is 7.07. The topological polar surface area (TPSA) is 91.3 Å². The second-order valence-electron chi connectivity index (χ2n) is 9.47. The van der Waals surface area contributed by atoms with Crippen LogP contribution < -0.4 is 14.2 Å². The Morgan fingerprint density at radius 1 is 0.761 bits per heavy atom. The van der Waals surface area contributed by atoms with Gasteiger partial charge < -0.3 is 24.1 Å². The van der Waals surface area contributed by atoms with Crippen LogP contribution in [0.25, 0.3) is 0 Å². The number of carbonyl (C=O) groups excluding carboxylic acids is 1. The van der Waals surface area contributed by atoms with Gasteiger partial charge in [0.15, 0.2) is 0 Å². The van der Waals surface area contributed by atoms with Crippen molar-refractivity contribution < 1.29 is 46.8 Å². The number of aliphatic carboxylic acids is 1. The summed E-state index contributed by atoms with van der Waals surface area (Å²) in [5.41, 5.74) is 1.52. The summed E-state index contributed by atoms with van der Waals surface area (Å²) in [7, 11) is 0. The summed E-state index contributed by atoms with van der Waals surface area (Å²) < 4.78 is 59.7. The molecule has 0 saturated heterocycles. The number of unbranched alkanes of at least 4 members (excludes halogenated alkanes) is 3. The molecule has 0 aliphatic carbocycles. The molecule has 1 N–H and O–H groups in total. The third kappa shape index (κ3) is 13.8. The zero-order valence-corrected chi connectivity index (χ0v) is 24.8. The van der Waals surface area contributed by atoms with Crippen LogP contribution in [0.15, 0.2) is 91.5 Å². The van der Waals surface area contributed by atoms with E-state index < -0.39 is 24.1 Å². The first-order valence-electron chi connectivity index (χ1n) is 14.2. The third-order valence-electron chi connectivity index (χ3n) is 5.92. The normalized spacial score (nSPS) is 10.6. The minimum absolute atomic E-state index is 0.0328. The van der Waals surface area contributed by atoms with Gasteiger partial charge in [0.05, 0.1) is 12.2 Å². The summed E-state index contributed by atoms with van der Waals surface area (Å²) >= 11 is 0. The molecule has 0 aliphatic rings. The number of hydrogen-bond donors (Lipinski definition) is 1. The minimum Gasteiger partial charge on any atom is -0.494 e. The van der Waals surface area contributed by atoms with Gasteiger partial charge in [0, 0.05) is 28.8 Å². The maximum absolute atomic E-state index is 13.2. The summed E-state index contributed by atoms with van der Waals surface area (Å²) in [4.78, 5) is 21.5. The monoisotopic (exact) mass is 632 g/mol. The SMILES string of the molecule is C=CC(=O)OCCOc1ccc(C#Cc2ccc(C#Cc3ccc(OCCCCCC=CC(=O)O)cc3)cc2OC(F)(F)F)cc1. The fourth-order valence-corrected chi connectivity index (χ4v) is 3.74. The van der Waals surface area contributed by atoms with Gasteiger partial charge >= 0.3 is 18.3 Å². The number of esters is 1. The Morgan fingerprint density at radius 3 is 1.96 bits per heavy atom. The molecule has 0 spiro atoms. The van der Waals surface area contributed by atoms with Crippen molar-refractivity contribution >= 4 is 11.9 Å². The molecule has 0 radical (unpaired) electrons. The van der Waals surface area contributed by atoms with E-state index in [-0.39, 0.29) is 18.8 Å². The van der Waals surface area contributed by atoms with Crippen LogP contribution in [-0.4, -0.2) is 43.2 Å². The molecule has 0 heterocycles. The number of carboxylic acid groups (broad SMARTS) is 1. The van der Waals surface area contributed by atoms with E-state index in [0.29, 0.717) is 41.2 Å². The molecule has 10 heteroatoms. The number of benzene rings is 3. The fraction of sp³-hybridized carbons (Fsp3) is 0.222. The lowest BCUT2D eigenvalue weighted by Crippen LogP contribution is -2.18. The van der Waals surface area contributed by atoms with Gasteiger partial charge in [-0.25, -0.2) is 9.59 Å². The lowest BCUT2D eigenvalue weighted by atomic mass is 10.1. The molecule has 0 saturated carbocycles. The molecule has 0 bridgehead atoms. The Morgan fingerprint density at radius 2 is 1.35 bits per heavy atom. The molecular weight excluding hydrogens is 601 g/mol. The zero-order valence-electron chi connectivity index (χ0n) is 24.8. The Kier molecular flexibility index (Phi) is 13.8. The predicted molar refractivity (Wildman–Crippen MR) is 165 cm³/mol. The van der Waals surface area contributed by atoms with E-state index >= 15 is 0 Å². The molecule has 46 heavy (non-hydrogen) atoms. The van der Waals surface area contributed by atoms with Gasteiger partial charge in [-0.2, -0.15) is 0 Å². The first-order valence-corrected chi connectivity index (χ1v) is 14.2. The number of allylic oxidation sites excluding steroid dienone is 1. The molecule has 0 amide bonds. The molecule has 0 atom stereocenters. The van der Waals surface area contributed by atoms with Crippen LogP contribution in [0.3, 0.4) is 0 Å². The Balaban J connectivity index is 1.59. The number of hydrogen-bond acceptors (Lipinski definition) is 6. The molecule has 3 aromatic rings. The first-order chi connectivity index (χ1) is 22.1. The quantitative estimate of drug-likeness (QED) is 0.0880. The van der Waals surface area contributed by atoms with Gasteiger partial charge in [-0.15, -0.1) is 13.2 Å². The van der Waals surface area contributed by atoms with Crippen LogP contribution in [0, 0.1) is 23.7 Å². The number of carboxylic acids is 1. The lowest BCUT2D eigenvalue weighted by Gasteiger charge is -2.11. The highest BCUT2D eigenvalue weighted by Gasteiger charge is 2.32. The van der Waals surface area contributed by atoms with E-state index in [4.69, 9.17) is 19.3 Å². The largest absolute Gasteiger partial charge is 0.573 e. The summed E-state index contributed by atoms with van der Waals surface area (Å²) in [5.74, 6) is 10.5. The number of rotatable bonds is 14. The van der Waals surface area contributed by atoms with Gasteiger partial charge in [-0.1, -0.05) is 36.3 Å². The van der Waals surface area contributed by atoms with Crippen molar-refractivity contribution in [3.8, 4) is 40.9 Å². The molecule has 0 aliphatic heterocycles. The maximum Gasteiger partial charge on any atom is 0.573 e.